The standard InChI is InChI=1S/C15H22N4O3/c1-5-16-15(22)19-14(21)10(3)17-12-6-7-13(9(2)8-12)18-11(4)20/h6-8,10,17H,5H2,1-4H3,(H,18,20)(H2,16,19,21,22). The van der Waals surface area contributed by atoms with Crippen molar-refractivity contribution in [2.75, 3.05) is 17.2 Å². The Labute approximate surface area is 129 Å². The second-order valence-corrected chi connectivity index (χ2v) is 4.93. The lowest BCUT2D eigenvalue weighted by molar-refractivity contribution is -0.120. The van der Waals surface area contributed by atoms with Crippen molar-refractivity contribution in [2.24, 2.45) is 0 Å². The van der Waals surface area contributed by atoms with Crippen molar-refractivity contribution < 1.29 is 14.4 Å². The first-order valence-electron chi connectivity index (χ1n) is 7.07. The number of amides is 4. The number of carbonyl (C=O) groups is 3. The molecule has 1 aromatic carbocycles. The smallest absolute Gasteiger partial charge is 0.321 e. The van der Waals surface area contributed by atoms with Crippen LogP contribution in [-0.4, -0.2) is 30.4 Å². The Morgan fingerprint density at radius 3 is 2.45 bits per heavy atom. The van der Waals surface area contributed by atoms with Crippen molar-refractivity contribution in [3.63, 3.8) is 0 Å². The molecule has 4 N–H and O–H groups in total. The van der Waals surface area contributed by atoms with Crippen LogP contribution in [0, 0.1) is 6.92 Å². The number of carbonyl (C=O) groups excluding carboxylic acids is 3. The van der Waals surface area contributed by atoms with Crippen LogP contribution in [-0.2, 0) is 9.59 Å². The van der Waals surface area contributed by atoms with Gasteiger partial charge < -0.3 is 16.0 Å². The molecule has 1 atom stereocenters. The molecule has 0 aliphatic carbocycles. The summed E-state index contributed by atoms with van der Waals surface area (Å²) in [6, 6.07) is 4.25. The summed E-state index contributed by atoms with van der Waals surface area (Å²) in [4.78, 5) is 34.2. The number of rotatable bonds is 5. The van der Waals surface area contributed by atoms with Crippen LogP contribution in [0.2, 0.25) is 0 Å². The number of aryl methyl sites for hydroxylation is 1. The van der Waals surface area contributed by atoms with Gasteiger partial charge in [0.25, 0.3) is 0 Å². The highest BCUT2D eigenvalue weighted by Crippen LogP contribution is 2.20. The van der Waals surface area contributed by atoms with E-state index in [1.54, 1.807) is 26.0 Å². The molecular weight excluding hydrogens is 284 g/mol. The molecule has 0 radical (unpaired) electrons. The Morgan fingerprint density at radius 2 is 1.91 bits per heavy atom. The summed E-state index contributed by atoms with van der Waals surface area (Å²) in [5, 5.41) is 10.5. The third-order valence-corrected chi connectivity index (χ3v) is 2.89. The average molecular weight is 306 g/mol. The fraction of sp³-hybridized carbons (Fsp3) is 0.400. The molecule has 0 aliphatic heterocycles. The van der Waals surface area contributed by atoms with E-state index in [2.05, 4.69) is 21.3 Å². The van der Waals surface area contributed by atoms with Crippen LogP contribution in [0.15, 0.2) is 18.2 Å². The van der Waals surface area contributed by atoms with Crippen LogP contribution < -0.4 is 21.3 Å². The van der Waals surface area contributed by atoms with Crippen molar-refractivity contribution in [3.05, 3.63) is 23.8 Å². The van der Waals surface area contributed by atoms with Gasteiger partial charge in [-0.05, 0) is 44.5 Å². The normalized spacial score (nSPS) is 11.3. The molecule has 4 amide bonds. The maximum Gasteiger partial charge on any atom is 0.321 e. The summed E-state index contributed by atoms with van der Waals surface area (Å²) in [6.07, 6.45) is 0. The third kappa shape index (κ3) is 5.43. The molecule has 120 valence electrons. The number of anilines is 2. The molecule has 0 spiro atoms. The maximum atomic E-state index is 11.8. The highest BCUT2D eigenvalue weighted by atomic mass is 16.2. The summed E-state index contributed by atoms with van der Waals surface area (Å²) in [5.41, 5.74) is 2.32. The minimum atomic E-state index is -0.575. The van der Waals surface area contributed by atoms with Crippen LogP contribution in [0.3, 0.4) is 0 Å². The molecule has 0 aromatic heterocycles. The van der Waals surface area contributed by atoms with Gasteiger partial charge >= 0.3 is 6.03 Å². The van der Waals surface area contributed by atoms with E-state index in [4.69, 9.17) is 0 Å². The van der Waals surface area contributed by atoms with E-state index >= 15 is 0 Å². The lowest BCUT2D eigenvalue weighted by Crippen LogP contribution is -2.45. The summed E-state index contributed by atoms with van der Waals surface area (Å²) >= 11 is 0. The molecule has 0 aliphatic rings. The summed E-state index contributed by atoms with van der Waals surface area (Å²) in [6.45, 7) is 7.18. The van der Waals surface area contributed by atoms with Crippen molar-refractivity contribution in [3.8, 4) is 0 Å². The molecule has 0 fully saturated rings. The highest BCUT2D eigenvalue weighted by Gasteiger charge is 2.15. The zero-order valence-electron chi connectivity index (χ0n) is 13.2. The molecule has 0 bridgehead atoms. The van der Waals surface area contributed by atoms with E-state index in [-0.39, 0.29) is 5.91 Å². The van der Waals surface area contributed by atoms with Crippen LogP contribution in [0.4, 0.5) is 16.2 Å². The molecule has 1 unspecified atom stereocenters. The van der Waals surface area contributed by atoms with E-state index in [0.29, 0.717) is 6.54 Å². The van der Waals surface area contributed by atoms with Gasteiger partial charge in [0.15, 0.2) is 0 Å². The molecule has 22 heavy (non-hydrogen) atoms. The van der Waals surface area contributed by atoms with E-state index < -0.39 is 18.0 Å². The molecule has 0 heterocycles. The van der Waals surface area contributed by atoms with Gasteiger partial charge in [-0.25, -0.2) is 4.79 Å². The van der Waals surface area contributed by atoms with Gasteiger partial charge in [0.05, 0.1) is 0 Å². The SMILES string of the molecule is CCNC(=O)NC(=O)C(C)Nc1ccc(NC(C)=O)c(C)c1. The van der Waals surface area contributed by atoms with Gasteiger partial charge in [0.2, 0.25) is 11.8 Å². The highest BCUT2D eigenvalue weighted by molar-refractivity contribution is 5.98. The van der Waals surface area contributed by atoms with Crippen LogP contribution in [0.5, 0.6) is 0 Å². The van der Waals surface area contributed by atoms with Gasteiger partial charge in [-0.15, -0.1) is 0 Å². The minimum Gasteiger partial charge on any atom is -0.374 e. The Morgan fingerprint density at radius 1 is 1.23 bits per heavy atom. The van der Waals surface area contributed by atoms with Crippen molar-refractivity contribution in [2.45, 2.75) is 33.7 Å². The Kier molecular flexibility index (Phi) is 6.37. The number of hydrogen-bond acceptors (Lipinski definition) is 4. The first-order chi connectivity index (χ1) is 10.3. The molecule has 0 saturated carbocycles. The molecule has 7 nitrogen and oxygen atoms in total. The predicted octanol–water partition coefficient (Wildman–Crippen LogP) is 1.60. The number of nitrogens with one attached hydrogen (secondary N) is 4. The second-order valence-electron chi connectivity index (χ2n) is 4.93. The Hall–Kier alpha value is -2.57. The van der Waals surface area contributed by atoms with Gasteiger partial charge in [-0.2, -0.15) is 0 Å². The zero-order valence-corrected chi connectivity index (χ0v) is 13.2. The first kappa shape index (κ1) is 17.5. The summed E-state index contributed by atoms with van der Waals surface area (Å²) in [5.74, 6) is -0.562. The van der Waals surface area contributed by atoms with Crippen molar-refractivity contribution in [1.29, 1.82) is 0 Å². The van der Waals surface area contributed by atoms with Crippen molar-refractivity contribution in [1.82, 2.24) is 10.6 Å². The molecule has 0 saturated heterocycles. The average Bonchev–Trinajstić information content (AvgIpc) is 2.41. The fourth-order valence-corrected chi connectivity index (χ4v) is 1.82. The molecule has 1 aromatic rings. The number of urea groups is 1. The van der Waals surface area contributed by atoms with Gasteiger partial charge in [-0.3, -0.25) is 14.9 Å². The fourth-order valence-electron chi connectivity index (χ4n) is 1.82. The lowest BCUT2D eigenvalue weighted by Gasteiger charge is -2.16. The second kappa shape index (κ2) is 8.02. The quantitative estimate of drug-likeness (QED) is 0.664. The first-order valence-corrected chi connectivity index (χ1v) is 7.07. The van der Waals surface area contributed by atoms with E-state index in [9.17, 15) is 14.4 Å². The van der Waals surface area contributed by atoms with E-state index in [1.807, 2.05) is 13.0 Å². The summed E-state index contributed by atoms with van der Waals surface area (Å²) in [7, 11) is 0. The monoisotopic (exact) mass is 306 g/mol. The van der Waals surface area contributed by atoms with Gasteiger partial charge in [0.1, 0.15) is 6.04 Å². The van der Waals surface area contributed by atoms with Gasteiger partial charge in [0, 0.05) is 24.8 Å². The molecule has 7 heteroatoms. The number of hydrogen-bond donors (Lipinski definition) is 4. The molecular formula is C15H22N4O3. The minimum absolute atomic E-state index is 0.140. The van der Waals surface area contributed by atoms with Crippen molar-refractivity contribution >= 4 is 29.2 Å². The summed E-state index contributed by atoms with van der Waals surface area (Å²) < 4.78 is 0. The lowest BCUT2D eigenvalue weighted by atomic mass is 10.1. The zero-order chi connectivity index (χ0) is 16.7. The third-order valence-electron chi connectivity index (χ3n) is 2.89. The van der Waals surface area contributed by atoms with Crippen LogP contribution >= 0.6 is 0 Å². The van der Waals surface area contributed by atoms with Crippen LogP contribution in [0.25, 0.3) is 0 Å². The Bertz CT molecular complexity index is 572. The Balaban J connectivity index is 2.66. The molecule has 1 rings (SSSR count). The number of benzene rings is 1. The largest absolute Gasteiger partial charge is 0.374 e. The number of imide groups is 1. The predicted molar refractivity (Wildman–Crippen MR) is 85.8 cm³/mol. The maximum absolute atomic E-state index is 11.8. The van der Waals surface area contributed by atoms with Gasteiger partial charge in [-0.1, -0.05) is 0 Å². The topological polar surface area (TPSA) is 99.3 Å². The van der Waals surface area contributed by atoms with E-state index in [0.717, 1.165) is 16.9 Å². The van der Waals surface area contributed by atoms with Crippen LogP contribution in [0.1, 0.15) is 26.3 Å². The van der Waals surface area contributed by atoms with E-state index in [1.165, 1.54) is 6.92 Å².